The summed E-state index contributed by atoms with van der Waals surface area (Å²) in [5.41, 5.74) is 7.86. The summed E-state index contributed by atoms with van der Waals surface area (Å²) < 4.78 is 15.4. The molecule has 0 aliphatic rings. The van der Waals surface area contributed by atoms with Gasteiger partial charge in [-0.1, -0.05) is 66.7 Å². The second-order valence-corrected chi connectivity index (χ2v) is 7.52. The number of hydrazone groups is 1. The molecule has 0 bridgehead atoms. The number of rotatable bonds is 5. The van der Waals surface area contributed by atoms with Crippen molar-refractivity contribution in [3.63, 3.8) is 0 Å². The summed E-state index contributed by atoms with van der Waals surface area (Å²) in [6.07, 6.45) is 1.67. The Morgan fingerprint density at radius 2 is 1.42 bits per heavy atom. The third kappa shape index (κ3) is 4.04. The zero-order valence-electron chi connectivity index (χ0n) is 17.7. The van der Waals surface area contributed by atoms with Crippen LogP contribution in [0.3, 0.4) is 0 Å². The first-order valence-corrected chi connectivity index (χ1v) is 10.6. The largest absolute Gasteiger partial charge is 0.309 e. The van der Waals surface area contributed by atoms with Crippen molar-refractivity contribution >= 4 is 23.0 Å². The zero-order valence-corrected chi connectivity index (χ0v) is 17.7. The Labute approximate surface area is 190 Å². The van der Waals surface area contributed by atoms with E-state index in [4.69, 9.17) is 0 Å². The van der Waals surface area contributed by atoms with E-state index in [0.717, 1.165) is 33.4 Å². The summed E-state index contributed by atoms with van der Waals surface area (Å²) in [7, 11) is 0. The molecule has 0 aliphatic carbocycles. The van der Waals surface area contributed by atoms with Gasteiger partial charge in [0.15, 0.2) is 0 Å². The fourth-order valence-corrected chi connectivity index (χ4v) is 3.94. The molecule has 5 aromatic rings. The van der Waals surface area contributed by atoms with Gasteiger partial charge in [0.1, 0.15) is 5.82 Å². The van der Waals surface area contributed by atoms with Crippen LogP contribution in [0.5, 0.6) is 0 Å². The Bertz CT molecular complexity index is 1440. The maximum Gasteiger partial charge on any atom is 0.271 e. The molecule has 0 fully saturated rings. The Morgan fingerprint density at radius 3 is 2.15 bits per heavy atom. The van der Waals surface area contributed by atoms with Crippen LogP contribution in [0.4, 0.5) is 4.39 Å². The molecule has 1 N–H and O–H groups in total. The highest BCUT2D eigenvalue weighted by atomic mass is 19.1. The van der Waals surface area contributed by atoms with Crippen LogP contribution in [0.25, 0.3) is 27.8 Å². The van der Waals surface area contributed by atoms with Crippen LogP contribution < -0.4 is 5.43 Å². The van der Waals surface area contributed by atoms with E-state index < -0.39 is 11.7 Å². The van der Waals surface area contributed by atoms with Gasteiger partial charge in [-0.2, -0.15) is 5.10 Å². The van der Waals surface area contributed by atoms with Gasteiger partial charge in [0.05, 0.1) is 17.4 Å². The van der Waals surface area contributed by atoms with Gasteiger partial charge in [0.2, 0.25) is 0 Å². The van der Waals surface area contributed by atoms with E-state index in [9.17, 15) is 9.18 Å². The molecule has 4 aromatic carbocycles. The molecular formula is C28H20FN3O. The molecule has 0 saturated carbocycles. The lowest BCUT2D eigenvalue weighted by Gasteiger charge is -2.12. The quantitative estimate of drug-likeness (QED) is 0.260. The van der Waals surface area contributed by atoms with E-state index in [1.807, 2.05) is 54.6 Å². The van der Waals surface area contributed by atoms with Gasteiger partial charge < -0.3 is 4.57 Å². The van der Waals surface area contributed by atoms with E-state index in [1.54, 1.807) is 6.21 Å². The summed E-state index contributed by atoms with van der Waals surface area (Å²) in [6.45, 7) is 0. The minimum absolute atomic E-state index is 0.337. The predicted octanol–water partition coefficient (Wildman–Crippen LogP) is 6.20. The maximum absolute atomic E-state index is 13.2. The van der Waals surface area contributed by atoms with Gasteiger partial charge in [0, 0.05) is 22.2 Å². The molecule has 0 aliphatic heterocycles. The number of fused-ring (bicyclic) bond motifs is 1. The van der Waals surface area contributed by atoms with Crippen molar-refractivity contribution in [1.82, 2.24) is 9.99 Å². The summed E-state index contributed by atoms with van der Waals surface area (Å²) in [4.78, 5) is 12.4. The standard InChI is InChI=1S/C28H20FN3O/c29-22-17-15-21(16-18-22)28(33)31-30-19-25-24-13-7-8-14-26(24)32(23-11-5-2-6-12-23)27(25)20-9-3-1-4-10-20/h1-19H,(H,31,33). The first-order chi connectivity index (χ1) is 16.2. The zero-order chi connectivity index (χ0) is 22.6. The summed E-state index contributed by atoms with van der Waals surface area (Å²) in [5, 5.41) is 5.27. The predicted molar refractivity (Wildman–Crippen MR) is 130 cm³/mol. The lowest BCUT2D eigenvalue weighted by molar-refractivity contribution is 0.0955. The van der Waals surface area contributed by atoms with Crippen molar-refractivity contribution in [2.24, 2.45) is 5.10 Å². The molecule has 0 unspecified atom stereocenters. The smallest absolute Gasteiger partial charge is 0.271 e. The average molecular weight is 433 g/mol. The number of aromatic nitrogens is 1. The fraction of sp³-hybridized carbons (Fsp3) is 0. The highest BCUT2D eigenvalue weighted by Crippen LogP contribution is 2.35. The van der Waals surface area contributed by atoms with Crippen LogP contribution in [-0.2, 0) is 0 Å². The molecular weight excluding hydrogens is 413 g/mol. The minimum Gasteiger partial charge on any atom is -0.309 e. The molecule has 1 heterocycles. The first kappa shape index (κ1) is 20.4. The minimum atomic E-state index is -0.403. The fourth-order valence-electron chi connectivity index (χ4n) is 3.94. The number of amides is 1. The SMILES string of the molecule is O=C(NN=Cc1c(-c2ccccc2)n(-c2ccccc2)c2ccccc12)c1ccc(F)cc1. The number of para-hydroxylation sites is 2. The van der Waals surface area contributed by atoms with Gasteiger partial charge in [-0.15, -0.1) is 0 Å². The highest BCUT2D eigenvalue weighted by Gasteiger charge is 2.18. The van der Waals surface area contributed by atoms with Gasteiger partial charge in [-0.05, 0) is 48.0 Å². The molecule has 0 radical (unpaired) electrons. The monoisotopic (exact) mass is 433 g/mol. The van der Waals surface area contributed by atoms with Crippen LogP contribution in [0.15, 0.2) is 114 Å². The van der Waals surface area contributed by atoms with Gasteiger partial charge in [0.25, 0.3) is 5.91 Å². The van der Waals surface area contributed by atoms with E-state index in [1.165, 1.54) is 24.3 Å². The number of nitrogens with zero attached hydrogens (tertiary/aromatic N) is 2. The van der Waals surface area contributed by atoms with E-state index >= 15 is 0 Å². The van der Waals surface area contributed by atoms with Crippen LogP contribution in [0, 0.1) is 5.82 Å². The molecule has 0 saturated heterocycles. The molecule has 5 heteroatoms. The number of halogens is 1. The molecule has 1 amide bonds. The lowest BCUT2D eigenvalue weighted by atomic mass is 10.1. The van der Waals surface area contributed by atoms with Crippen molar-refractivity contribution < 1.29 is 9.18 Å². The number of hydrogen-bond donors (Lipinski definition) is 1. The number of carbonyl (C=O) groups excluding carboxylic acids is 1. The van der Waals surface area contributed by atoms with Crippen molar-refractivity contribution in [2.45, 2.75) is 0 Å². The average Bonchev–Trinajstić information content (AvgIpc) is 3.20. The first-order valence-electron chi connectivity index (χ1n) is 10.6. The molecule has 1 aromatic heterocycles. The third-order valence-electron chi connectivity index (χ3n) is 5.44. The Hall–Kier alpha value is -4.51. The number of hydrogen-bond acceptors (Lipinski definition) is 2. The van der Waals surface area contributed by atoms with Crippen LogP contribution in [0.2, 0.25) is 0 Å². The summed E-state index contributed by atoms with van der Waals surface area (Å²) in [6, 6.07) is 33.7. The third-order valence-corrected chi connectivity index (χ3v) is 5.44. The molecule has 33 heavy (non-hydrogen) atoms. The topological polar surface area (TPSA) is 46.4 Å². The molecule has 0 spiro atoms. The molecule has 4 nitrogen and oxygen atoms in total. The van der Waals surface area contributed by atoms with E-state index in [0.29, 0.717) is 5.56 Å². The molecule has 0 atom stereocenters. The van der Waals surface area contributed by atoms with E-state index in [2.05, 4.69) is 45.4 Å². The summed E-state index contributed by atoms with van der Waals surface area (Å²) >= 11 is 0. The molecule has 5 rings (SSSR count). The normalized spacial score (nSPS) is 11.2. The number of benzene rings is 4. The van der Waals surface area contributed by atoms with Crippen LogP contribution in [0.1, 0.15) is 15.9 Å². The lowest BCUT2D eigenvalue weighted by Crippen LogP contribution is -2.17. The van der Waals surface area contributed by atoms with Crippen molar-refractivity contribution in [2.75, 3.05) is 0 Å². The van der Waals surface area contributed by atoms with Crippen molar-refractivity contribution in [3.05, 3.63) is 126 Å². The Kier molecular flexibility index (Phi) is 5.52. The van der Waals surface area contributed by atoms with Crippen LogP contribution in [-0.4, -0.2) is 16.7 Å². The Balaban J connectivity index is 1.63. The summed E-state index contributed by atoms with van der Waals surface area (Å²) in [5.74, 6) is -0.796. The number of nitrogens with one attached hydrogen (secondary N) is 1. The van der Waals surface area contributed by atoms with E-state index in [-0.39, 0.29) is 0 Å². The van der Waals surface area contributed by atoms with Crippen molar-refractivity contribution in [3.8, 4) is 16.9 Å². The maximum atomic E-state index is 13.2. The van der Waals surface area contributed by atoms with Crippen LogP contribution >= 0.6 is 0 Å². The molecule has 160 valence electrons. The second kappa shape index (κ2) is 8.93. The second-order valence-electron chi connectivity index (χ2n) is 7.52. The number of carbonyl (C=O) groups is 1. The Morgan fingerprint density at radius 1 is 0.788 bits per heavy atom. The van der Waals surface area contributed by atoms with Gasteiger partial charge in [-0.25, -0.2) is 9.82 Å². The van der Waals surface area contributed by atoms with Gasteiger partial charge >= 0.3 is 0 Å². The van der Waals surface area contributed by atoms with Crippen molar-refractivity contribution in [1.29, 1.82) is 0 Å². The van der Waals surface area contributed by atoms with Gasteiger partial charge in [-0.3, -0.25) is 4.79 Å². The highest BCUT2D eigenvalue weighted by molar-refractivity contribution is 6.07.